The highest BCUT2D eigenvalue weighted by Gasteiger charge is 2.42. The number of hydrogen-bond acceptors (Lipinski definition) is 6. The summed E-state index contributed by atoms with van der Waals surface area (Å²) in [4.78, 5) is 21.7. The van der Waals surface area contributed by atoms with Gasteiger partial charge >= 0.3 is 0 Å². The fourth-order valence-electron chi connectivity index (χ4n) is 7.27. The van der Waals surface area contributed by atoms with Gasteiger partial charge in [0.25, 0.3) is 0 Å². The minimum absolute atomic E-state index is 0.0265. The normalized spacial score (nSPS) is 12.1. The van der Waals surface area contributed by atoms with Gasteiger partial charge in [-0.15, -0.1) is 5.10 Å². The Morgan fingerprint density at radius 3 is 1.85 bits per heavy atom. The van der Waals surface area contributed by atoms with Crippen LogP contribution in [0.25, 0.3) is 22.5 Å². The molecule has 262 valence electrons. The molecule has 0 saturated heterocycles. The summed E-state index contributed by atoms with van der Waals surface area (Å²) in [6.07, 6.45) is 2.68. The van der Waals surface area contributed by atoms with Crippen LogP contribution in [0.15, 0.2) is 140 Å². The van der Waals surface area contributed by atoms with Crippen molar-refractivity contribution in [1.29, 1.82) is 5.26 Å². The van der Waals surface area contributed by atoms with Crippen molar-refractivity contribution >= 4 is 5.78 Å². The Bertz CT molecular complexity index is 2240. The topological polar surface area (TPSA) is 113 Å². The average Bonchev–Trinajstić information content (AvgIpc) is 3.87. The number of nitrogens with zero attached hydrogens (tertiary/aromatic N) is 6. The smallest absolute Gasteiger partial charge is 0.184 e. The van der Waals surface area contributed by atoms with E-state index in [9.17, 15) is 10.1 Å². The molecule has 0 spiro atoms. The first-order valence-corrected chi connectivity index (χ1v) is 18.1. The molecular weight excluding hydrogens is 655 g/mol. The number of aryl methyl sites for hydroxylation is 1. The van der Waals surface area contributed by atoms with Gasteiger partial charge in [0.2, 0.25) is 0 Å². The van der Waals surface area contributed by atoms with Crippen molar-refractivity contribution in [1.82, 2.24) is 30.2 Å². The van der Waals surface area contributed by atoms with E-state index in [0.717, 1.165) is 64.0 Å². The lowest BCUT2D eigenvalue weighted by Crippen LogP contribution is -2.39. The second-order valence-electron chi connectivity index (χ2n) is 13.5. The first-order valence-electron chi connectivity index (χ1n) is 18.1. The largest absolute Gasteiger partial charge is 0.344 e. The lowest BCUT2D eigenvalue weighted by Gasteiger charge is -2.36. The highest BCUT2D eigenvalue weighted by Crippen LogP contribution is 2.43. The highest BCUT2D eigenvalue weighted by atomic mass is 16.1. The zero-order chi connectivity index (χ0) is 36.8. The molecular formula is C45H41N7O. The molecule has 8 nitrogen and oxygen atoms in total. The SMILES string of the molecule is CCCCc1nc(C#N)c(C(C(=O)C(C)C)c2ccc(-c3ccccc3-c3nnnn3C(c3ccccc3)(c3ccccc3)c3ccccc3)cc2)[nH]1. The number of rotatable bonds is 13. The van der Waals surface area contributed by atoms with Crippen molar-refractivity contribution in [3.8, 4) is 28.6 Å². The molecule has 7 rings (SSSR count). The Kier molecular flexibility index (Phi) is 10.2. The molecule has 0 aliphatic carbocycles. The molecule has 2 heterocycles. The third kappa shape index (κ3) is 6.58. The van der Waals surface area contributed by atoms with Crippen LogP contribution in [0.5, 0.6) is 0 Å². The van der Waals surface area contributed by atoms with Gasteiger partial charge < -0.3 is 4.98 Å². The van der Waals surface area contributed by atoms with E-state index >= 15 is 0 Å². The average molecular weight is 696 g/mol. The van der Waals surface area contributed by atoms with Crippen LogP contribution < -0.4 is 0 Å². The molecule has 7 aromatic rings. The number of imidazole rings is 1. The van der Waals surface area contributed by atoms with E-state index in [-0.39, 0.29) is 17.4 Å². The first kappa shape index (κ1) is 35.0. The van der Waals surface area contributed by atoms with Gasteiger partial charge in [0.1, 0.15) is 23.2 Å². The predicted octanol–water partition coefficient (Wildman–Crippen LogP) is 9.14. The van der Waals surface area contributed by atoms with Crippen LogP contribution >= 0.6 is 0 Å². The maximum Gasteiger partial charge on any atom is 0.184 e. The zero-order valence-corrected chi connectivity index (χ0v) is 30.1. The van der Waals surface area contributed by atoms with Gasteiger partial charge in [0.05, 0.1) is 11.6 Å². The van der Waals surface area contributed by atoms with Gasteiger partial charge in [-0.1, -0.05) is 167 Å². The molecule has 0 saturated carbocycles. The molecule has 1 unspecified atom stereocenters. The zero-order valence-electron chi connectivity index (χ0n) is 30.1. The minimum Gasteiger partial charge on any atom is -0.344 e. The minimum atomic E-state index is -0.900. The third-order valence-corrected chi connectivity index (χ3v) is 9.88. The summed E-state index contributed by atoms with van der Waals surface area (Å²) in [5.74, 6) is 0.476. The highest BCUT2D eigenvalue weighted by molar-refractivity contribution is 5.91. The maximum atomic E-state index is 13.8. The van der Waals surface area contributed by atoms with Gasteiger partial charge in [-0.2, -0.15) is 5.26 Å². The molecule has 5 aromatic carbocycles. The second kappa shape index (κ2) is 15.4. The number of carbonyl (C=O) groups is 1. The Hall–Kier alpha value is -6.46. The number of tetrazole rings is 1. The van der Waals surface area contributed by atoms with Crippen LogP contribution in [-0.4, -0.2) is 36.0 Å². The third-order valence-electron chi connectivity index (χ3n) is 9.88. The second-order valence-corrected chi connectivity index (χ2v) is 13.5. The number of ketones is 1. The number of benzene rings is 5. The number of nitrogens with one attached hydrogen (secondary N) is 1. The fourth-order valence-corrected chi connectivity index (χ4v) is 7.27. The number of aromatic amines is 1. The summed E-state index contributed by atoms with van der Waals surface area (Å²) < 4.78 is 1.94. The van der Waals surface area contributed by atoms with Crippen LogP contribution in [0.4, 0.5) is 0 Å². The van der Waals surface area contributed by atoms with Crippen molar-refractivity contribution in [2.24, 2.45) is 5.92 Å². The van der Waals surface area contributed by atoms with Crippen molar-refractivity contribution < 1.29 is 4.79 Å². The van der Waals surface area contributed by atoms with E-state index in [0.29, 0.717) is 11.5 Å². The monoisotopic (exact) mass is 695 g/mol. The maximum absolute atomic E-state index is 13.8. The van der Waals surface area contributed by atoms with E-state index in [1.165, 1.54) is 0 Å². The summed E-state index contributed by atoms with van der Waals surface area (Å²) in [5, 5.41) is 23.8. The summed E-state index contributed by atoms with van der Waals surface area (Å²) >= 11 is 0. The number of carbonyl (C=O) groups excluding carboxylic acids is 1. The molecule has 0 radical (unpaired) electrons. The number of Topliss-reactive ketones (excluding diaryl/α,β-unsaturated/α-hetero) is 1. The van der Waals surface area contributed by atoms with E-state index in [2.05, 4.69) is 70.6 Å². The van der Waals surface area contributed by atoms with Gasteiger partial charge in [0.15, 0.2) is 11.5 Å². The van der Waals surface area contributed by atoms with Crippen LogP contribution in [-0.2, 0) is 16.8 Å². The fraction of sp³-hybridized carbons (Fsp3) is 0.200. The van der Waals surface area contributed by atoms with Crippen molar-refractivity contribution in [3.63, 3.8) is 0 Å². The van der Waals surface area contributed by atoms with Crippen LogP contribution in [0.1, 0.15) is 79.0 Å². The van der Waals surface area contributed by atoms with Crippen LogP contribution in [0, 0.1) is 17.2 Å². The van der Waals surface area contributed by atoms with E-state index in [1.54, 1.807) is 0 Å². The predicted molar refractivity (Wildman–Crippen MR) is 207 cm³/mol. The quantitative estimate of drug-likeness (QED) is 0.120. The molecule has 53 heavy (non-hydrogen) atoms. The van der Waals surface area contributed by atoms with Crippen molar-refractivity contribution in [2.75, 3.05) is 0 Å². The summed E-state index contributed by atoms with van der Waals surface area (Å²) in [7, 11) is 0. The Morgan fingerprint density at radius 2 is 1.32 bits per heavy atom. The van der Waals surface area contributed by atoms with E-state index in [1.807, 2.05) is 116 Å². The van der Waals surface area contributed by atoms with Gasteiger partial charge in [-0.05, 0) is 50.2 Å². The molecule has 2 aromatic heterocycles. The Labute approximate surface area is 310 Å². The Balaban J connectivity index is 1.36. The van der Waals surface area contributed by atoms with Gasteiger partial charge in [-0.3, -0.25) is 4.79 Å². The molecule has 0 aliphatic heterocycles. The molecule has 1 atom stereocenters. The van der Waals surface area contributed by atoms with Crippen LogP contribution in [0.2, 0.25) is 0 Å². The number of unbranched alkanes of at least 4 members (excludes halogenated alkanes) is 1. The number of aromatic nitrogens is 6. The van der Waals surface area contributed by atoms with E-state index in [4.69, 9.17) is 10.3 Å². The summed E-state index contributed by atoms with van der Waals surface area (Å²) in [5.41, 5.74) is 6.51. The Morgan fingerprint density at radius 1 is 0.774 bits per heavy atom. The molecule has 0 amide bonds. The lowest BCUT2D eigenvalue weighted by molar-refractivity contribution is -0.122. The van der Waals surface area contributed by atoms with Crippen molar-refractivity contribution in [2.45, 2.75) is 51.5 Å². The molecule has 0 bridgehead atoms. The standard InChI is InChI=1S/C45H41N7O/c1-4-5-25-40-47-39(30-46)42(48-40)41(43(53)31(2)3)33-28-26-32(27-29-33)37-23-15-16-24-38(37)44-49-50-51-52(44)45(34-17-9-6-10-18-34,35-19-11-7-12-20-35)36-21-13-8-14-22-36/h6-24,26-29,31,41H,4-5,25H2,1-3H3,(H,47,48). The van der Waals surface area contributed by atoms with Crippen LogP contribution in [0.3, 0.4) is 0 Å². The molecule has 0 aliphatic rings. The van der Waals surface area contributed by atoms with Gasteiger partial charge in [-0.25, -0.2) is 9.67 Å². The van der Waals surface area contributed by atoms with E-state index < -0.39 is 11.5 Å². The summed E-state index contributed by atoms with van der Waals surface area (Å²) in [6.45, 7) is 5.91. The molecule has 0 fully saturated rings. The number of hydrogen-bond donors (Lipinski definition) is 1. The summed E-state index contributed by atoms with van der Waals surface area (Å²) in [6, 6.07) is 49.4. The molecule has 1 N–H and O–H groups in total. The first-order chi connectivity index (χ1) is 26.0. The van der Waals surface area contributed by atoms with Crippen molar-refractivity contribution in [3.05, 3.63) is 179 Å². The lowest BCUT2D eigenvalue weighted by atomic mass is 9.77. The number of H-pyrrole nitrogens is 1. The van der Waals surface area contributed by atoms with Gasteiger partial charge in [0, 0.05) is 17.9 Å². The number of nitriles is 1. The molecule has 8 heteroatoms.